The van der Waals surface area contributed by atoms with Crippen LogP contribution in [-0.4, -0.2) is 196 Å². The van der Waals surface area contributed by atoms with Gasteiger partial charge < -0.3 is 42.1 Å². The summed E-state index contributed by atoms with van der Waals surface area (Å²) in [6.45, 7) is 15.1. The molecule has 0 rings (SSSR count). The summed E-state index contributed by atoms with van der Waals surface area (Å²) in [6.07, 6.45) is 49.2. The van der Waals surface area contributed by atoms with E-state index in [1.54, 1.807) is 9.80 Å². The summed E-state index contributed by atoms with van der Waals surface area (Å²) in [7, 11) is 0. The predicted molar refractivity (Wildman–Crippen MR) is 375 cm³/mol. The van der Waals surface area contributed by atoms with Gasteiger partial charge in [-0.2, -0.15) is 0 Å². The molecule has 0 heterocycles. The van der Waals surface area contributed by atoms with Gasteiger partial charge in [0.25, 0.3) is 0 Å². The molecule has 90 heavy (non-hydrogen) atoms. The molecule has 0 radical (unpaired) electrons. The number of nitrogens with zero attached hydrogens (tertiary/aromatic N) is 4. The molecule has 0 aliphatic heterocycles. The summed E-state index contributed by atoms with van der Waals surface area (Å²) in [4.78, 5) is 86.5. The number of nitrogens with one attached hydrogen (secondary N) is 6. The highest BCUT2D eigenvalue weighted by atomic mass is 16.3. The molecule has 18 nitrogen and oxygen atoms in total. The number of carbonyl (C=O) groups is 6. The molecule has 0 aromatic carbocycles. The fraction of sp³-hybridized carbons (Fsp3) is 0.917. The van der Waals surface area contributed by atoms with E-state index in [1.165, 1.54) is 205 Å². The average molecular weight is 1280 g/mol. The Morgan fingerprint density at radius 1 is 0.222 bits per heavy atom. The highest BCUT2D eigenvalue weighted by molar-refractivity contribution is 5.82. The van der Waals surface area contributed by atoms with Gasteiger partial charge in [-0.25, -0.2) is 0 Å². The van der Waals surface area contributed by atoms with Crippen molar-refractivity contribution in [2.24, 2.45) is 0 Å². The van der Waals surface area contributed by atoms with E-state index in [4.69, 9.17) is 0 Å². The van der Waals surface area contributed by atoms with Gasteiger partial charge in [0.05, 0.1) is 39.4 Å². The molecular weight excluding hydrogens is 1130 g/mol. The highest BCUT2D eigenvalue weighted by Crippen LogP contribution is 2.14. The molecule has 0 bridgehead atoms. The van der Waals surface area contributed by atoms with E-state index in [0.29, 0.717) is 78.5 Å². The Morgan fingerprint density at radius 3 is 0.633 bits per heavy atom. The summed E-state index contributed by atoms with van der Waals surface area (Å²) in [5, 5.41) is 38.0. The van der Waals surface area contributed by atoms with E-state index in [9.17, 15) is 39.0 Å². The minimum absolute atomic E-state index is 0.0630. The van der Waals surface area contributed by atoms with E-state index in [2.05, 4.69) is 59.6 Å². The second-order valence-electron chi connectivity index (χ2n) is 25.9. The van der Waals surface area contributed by atoms with Crippen LogP contribution in [0.1, 0.15) is 297 Å². The summed E-state index contributed by atoms with van der Waals surface area (Å²) >= 11 is 0. The molecule has 0 aromatic heterocycles. The fourth-order valence-electron chi connectivity index (χ4n) is 11.5. The largest absolute Gasteiger partial charge is 0.395 e. The Kier molecular flexibility index (Phi) is 65.8. The molecule has 6 amide bonds. The molecule has 0 unspecified atom stereocenters. The third kappa shape index (κ3) is 62.1. The Hall–Kier alpha value is -3.42. The first-order valence-electron chi connectivity index (χ1n) is 37.7. The number of amides is 6. The van der Waals surface area contributed by atoms with Gasteiger partial charge in [-0.05, 0) is 25.7 Å². The second kappa shape index (κ2) is 68.4. The van der Waals surface area contributed by atoms with Crippen LogP contribution in [0.5, 0.6) is 0 Å². The minimum atomic E-state index is -0.175. The van der Waals surface area contributed by atoms with Crippen molar-refractivity contribution in [3.63, 3.8) is 0 Å². The summed E-state index contributed by atoms with van der Waals surface area (Å²) in [5.41, 5.74) is 0. The van der Waals surface area contributed by atoms with E-state index >= 15 is 0 Å². The normalized spacial score (nSPS) is 11.5. The molecule has 0 saturated carbocycles. The molecular formula is C72H144N10O8. The zero-order valence-corrected chi connectivity index (χ0v) is 59.0. The number of hydrogen-bond acceptors (Lipinski definition) is 12. The molecule has 0 saturated heterocycles. The van der Waals surface area contributed by atoms with Crippen LogP contribution in [0.15, 0.2) is 0 Å². The molecule has 0 atom stereocenters. The van der Waals surface area contributed by atoms with Crippen molar-refractivity contribution < 1.29 is 39.0 Å². The Morgan fingerprint density at radius 2 is 0.422 bits per heavy atom. The third-order valence-corrected chi connectivity index (χ3v) is 17.3. The summed E-state index contributed by atoms with van der Waals surface area (Å²) in [5.74, 6) is -0.864. The van der Waals surface area contributed by atoms with Gasteiger partial charge in [0, 0.05) is 104 Å². The third-order valence-electron chi connectivity index (χ3n) is 17.3. The fourth-order valence-corrected chi connectivity index (χ4v) is 11.5. The van der Waals surface area contributed by atoms with Crippen LogP contribution in [0.3, 0.4) is 0 Å². The summed E-state index contributed by atoms with van der Waals surface area (Å²) < 4.78 is 0. The van der Waals surface area contributed by atoms with Gasteiger partial charge in [0.1, 0.15) is 0 Å². The number of rotatable bonds is 71. The molecule has 8 N–H and O–H groups in total. The van der Waals surface area contributed by atoms with Gasteiger partial charge in [-0.3, -0.25) is 48.4 Å². The zero-order valence-electron chi connectivity index (χ0n) is 59.0. The predicted octanol–water partition coefficient (Wildman–Crippen LogP) is 11.3. The molecule has 18 heteroatoms. The Bertz CT molecular complexity index is 1450. The maximum atomic E-state index is 13.2. The SMILES string of the molecule is CCCCCCCCCCCCNC(=O)CN(CCNC(=O)CCN(CCO)CCN(CCO)CCC(=O)NCCN(CC(=O)NCCCCCCCCCCCC)CC(=O)NCCCCCCCCCCCC)CC(=O)NCCCCCCCCCCCC. The van der Waals surface area contributed by atoms with Crippen LogP contribution < -0.4 is 31.9 Å². The quantitative estimate of drug-likeness (QED) is 0.0266. The Labute approximate surface area is 552 Å². The molecule has 0 aliphatic rings. The summed E-state index contributed by atoms with van der Waals surface area (Å²) in [6, 6.07) is 0. The zero-order chi connectivity index (χ0) is 65.9. The van der Waals surface area contributed by atoms with E-state index in [-0.39, 0.29) is 101 Å². The van der Waals surface area contributed by atoms with E-state index in [0.717, 1.165) is 51.4 Å². The lowest BCUT2D eigenvalue weighted by Gasteiger charge is -2.27. The van der Waals surface area contributed by atoms with Crippen LogP contribution in [0.2, 0.25) is 0 Å². The van der Waals surface area contributed by atoms with Crippen LogP contribution in [0, 0.1) is 0 Å². The highest BCUT2D eigenvalue weighted by Gasteiger charge is 2.19. The van der Waals surface area contributed by atoms with Crippen molar-refractivity contribution >= 4 is 35.4 Å². The van der Waals surface area contributed by atoms with Gasteiger partial charge in [0.2, 0.25) is 35.4 Å². The van der Waals surface area contributed by atoms with Crippen LogP contribution in [0.25, 0.3) is 0 Å². The van der Waals surface area contributed by atoms with E-state index < -0.39 is 0 Å². The molecule has 0 fully saturated rings. The standard InChI is InChI=1S/C72H144N10O8/c1-5-9-13-17-21-25-29-33-37-41-47-73-69(87)63-81(64-70(88)74-48-42-38-34-30-26-22-18-14-10-6-2)55-51-77-67(85)45-53-79(59-61-83)57-58-80(60-62-84)54-46-68(86)78-52-56-82(65-71(89)75-49-43-39-35-31-27-23-19-15-11-7-3)66-72(90)76-50-44-40-36-32-28-24-20-16-12-8-4/h83-84H,5-66H2,1-4H3,(H,73,87)(H,74,88)(H,75,89)(H,76,90)(H,77,85)(H,78,86). The van der Waals surface area contributed by atoms with Gasteiger partial charge >= 0.3 is 0 Å². The first kappa shape index (κ1) is 86.6. The minimum Gasteiger partial charge on any atom is -0.395 e. The first-order valence-corrected chi connectivity index (χ1v) is 37.7. The number of hydrogen-bond donors (Lipinski definition) is 8. The molecule has 0 aliphatic carbocycles. The maximum Gasteiger partial charge on any atom is 0.234 e. The van der Waals surface area contributed by atoms with Gasteiger partial charge in [0.15, 0.2) is 0 Å². The van der Waals surface area contributed by atoms with Crippen molar-refractivity contribution in [1.82, 2.24) is 51.5 Å². The number of unbranched alkanes of at least 4 members (excludes halogenated alkanes) is 36. The van der Waals surface area contributed by atoms with Crippen LogP contribution >= 0.6 is 0 Å². The number of aliphatic hydroxyl groups is 2. The monoisotopic (exact) mass is 1280 g/mol. The van der Waals surface area contributed by atoms with E-state index in [1.807, 2.05) is 9.80 Å². The molecule has 530 valence electrons. The number of carbonyl (C=O) groups excluding carboxylic acids is 6. The lowest BCUT2D eigenvalue weighted by atomic mass is 10.1. The average Bonchev–Trinajstić information content (AvgIpc) is 3.73. The van der Waals surface area contributed by atoms with Crippen molar-refractivity contribution in [2.45, 2.75) is 297 Å². The smallest absolute Gasteiger partial charge is 0.234 e. The van der Waals surface area contributed by atoms with Gasteiger partial charge in [-0.15, -0.1) is 0 Å². The van der Waals surface area contributed by atoms with Crippen molar-refractivity contribution in [3.8, 4) is 0 Å². The topological polar surface area (TPSA) is 228 Å². The van der Waals surface area contributed by atoms with Crippen molar-refractivity contribution in [2.75, 3.05) is 131 Å². The lowest BCUT2D eigenvalue weighted by molar-refractivity contribution is -0.127. The molecule has 0 spiro atoms. The lowest BCUT2D eigenvalue weighted by Crippen LogP contribution is -2.46. The van der Waals surface area contributed by atoms with Gasteiger partial charge in [-0.1, -0.05) is 259 Å². The maximum absolute atomic E-state index is 13.2. The van der Waals surface area contributed by atoms with Crippen molar-refractivity contribution in [3.05, 3.63) is 0 Å². The van der Waals surface area contributed by atoms with Crippen LogP contribution in [0.4, 0.5) is 0 Å². The van der Waals surface area contributed by atoms with Crippen LogP contribution in [-0.2, 0) is 28.8 Å². The second-order valence-corrected chi connectivity index (χ2v) is 25.9. The molecule has 0 aromatic rings. The first-order chi connectivity index (χ1) is 44.0. The number of aliphatic hydroxyl groups excluding tert-OH is 2. The Balaban J connectivity index is 5.19. The van der Waals surface area contributed by atoms with Crippen molar-refractivity contribution in [1.29, 1.82) is 0 Å².